The van der Waals surface area contributed by atoms with Crippen molar-refractivity contribution >= 4 is 12.0 Å². The van der Waals surface area contributed by atoms with Crippen LogP contribution in [0.2, 0.25) is 0 Å². The van der Waals surface area contributed by atoms with Gasteiger partial charge in [-0.3, -0.25) is 0 Å². The summed E-state index contributed by atoms with van der Waals surface area (Å²) in [5, 5.41) is 12.3. The number of carboxylic acid groups (broad SMARTS) is 1. The Morgan fingerprint density at radius 1 is 1.43 bits per heavy atom. The number of carbonyl (C=O) groups is 2. The molecule has 0 aromatic rings. The Morgan fingerprint density at radius 2 is 2.10 bits per heavy atom. The summed E-state index contributed by atoms with van der Waals surface area (Å²) in [7, 11) is 2.06. The van der Waals surface area contributed by atoms with Crippen LogP contribution in [0.5, 0.6) is 0 Å². The minimum absolute atomic E-state index is 0.246. The molecule has 21 heavy (non-hydrogen) atoms. The van der Waals surface area contributed by atoms with E-state index in [4.69, 9.17) is 0 Å². The zero-order chi connectivity index (χ0) is 16.0. The van der Waals surface area contributed by atoms with E-state index in [2.05, 4.69) is 31.1 Å². The molecule has 1 aliphatic heterocycles. The average Bonchev–Trinajstić information content (AvgIpc) is 2.88. The molecule has 1 atom stereocenters. The zero-order valence-corrected chi connectivity index (χ0v) is 13.7. The first-order valence-electron chi connectivity index (χ1n) is 7.84. The molecule has 1 heterocycles. The molecule has 0 spiro atoms. The van der Waals surface area contributed by atoms with Crippen LogP contribution in [-0.2, 0) is 4.79 Å². The quantitative estimate of drug-likeness (QED) is 0.703. The van der Waals surface area contributed by atoms with Crippen LogP contribution in [0.1, 0.15) is 46.5 Å². The van der Waals surface area contributed by atoms with Crippen LogP contribution in [0.4, 0.5) is 4.79 Å². The highest BCUT2D eigenvalue weighted by Crippen LogP contribution is 2.32. The lowest BCUT2D eigenvalue weighted by Crippen LogP contribution is -2.55. The molecule has 1 aliphatic rings. The summed E-state index contributed by atoms with van der Waals surface area (Å²) in [6, 6.07) is 0.239. The van der Waals surface area contributed by atoms with Crippen molar-refractivity contribution in [1.29, 1.82) is 0 Å². The predicted octanol–water partition coefficient (Wildman–Crippen LogP) is 1.76. The Bertz CT molecular complexity index is 373. The van der Waals surface area contributed by atoms with Gasteiger partial charge in [-0.15, -0.1) is 0 Å². The molecule has 6 nitrogen and oxygen atoms in total. The van der Waals surface area contributed by atoms with E-state index in [1.807, 2.05) is 6.92 Å². The maximum atomic E-state index is 12.2. The number of amides is 2. The number of rotatable bonds is 7. The SMILES string of the molecule is CCC1(C(=O)O)CCCN1C(=O)NCCCN(C)C(C)C. The van der Waals surface area contributed by atoms with Gasteiger partial charge in [0.25, 0.3) is 0 Å². The molecule has 0 aliphatic carbocycles. The third-order valence-corrected chi connectivity index (χ3v) is 4.56. The van der Waals surface area contributed by atoms with Gasteiger partial charge in [0.2, 0.25) is 0 Å². The van der Waals surface area contributed by atoms with Gasteiger partial charge < -0.3 is 20.2 Å². The maximum absolute atomic E-state index is 12.2. The highest BCUT2D eigenvalue weighted by Gasteiger charge is 2.48. The molecule has 1 saturated heterocycles. The molecule has 1 fully saturated rings. The maximum Gasteiger partial charge on any atom is 0.329 e. The molecule has 2 amide bonds. The van der Waals surface area contributed by atoms with E-state index in [1.54, 1.807) is 0 Å². The summed E-state index contributed by atoms with van der Waals surface area (Å²) < 4.78 is 0. The van der Waals surface area contributed by atoms with Crippen LogP contribution in [-0.4, -0.2) is 65.2 Å². The van der Waals surface area contributed by atoms with E-state index in [-0.39, 0.29) is 6.03 Å². The molecule has 0 aromatic heterocycles. The molecular weight excluding hydrogens is 270 g/mol. The van der Waals surface area contributed by atoms with Gasteiger partial charge in [0.05, 0.1) is 0 Å². The monoisotopic (exact) mass is 299 g/mol. The smallest absolute Gasteiger partial charge is 0.329 e. The summed E-state index contributed by atoms with van der Waals surface area (Å²) >= 11 is 0. The van der Waals surface area contributed by atoms with Gasteiger partial charge in [-0.05, 0) is 53.1 Å². The van der Waals surface area contributed by atoms with E-state index in [1.165, 1.54) is 4.90 Å². The third-order valence-electron chi connectivity index (χ3n) is 4.56. The standard InChI is InChI=1S/C15H29N3O3/c1-5-15(13(19)20)8-6-11-18(15)14(21)16-9-7-10-17(4)12(2)3/h12H,5-11H2,1-4H3,(H,16,21)(H,19,20). The molecule has 0 radical (unpaired) electrons. The minimum Gasteiger partial charge on any atom is -0.479 e. The molecule has 122 valence electrons. The van der Waals surface area contributed by atoms with Gasteiger partial charge in [0.1, 0.15) is 5.54 Å². The van der Waals surface area contributed by atoms with Crippen LogP contribution in [0.25, 0.3) is 0 Å². The lowest BCUT2D eigenvalue weighted by molar-refractivity contribution is -0.148. The van der Waals surface area contributed by atoms with E-state index in [9.17, 15) is 14.7 Å². The van der Waals surface area contributed by atoms with Gasteiger partial charge in [-0.2, -0.15) is 0 Å². The van der Waals surface area contributed by atoms with E-state index in [0.717, 1.165) is 19.4 Å². The van der Waals surface area contributed by atoms with Crippen molar-refractivity contribution in [3.05, 3.63) is 0 Å². The number of aliphatic carboxylic acids is 1. The molecule has 0 aromatic carbocycles. The molecule has 2 N–H and O–H groups in total. The zero-order valence-electron chi connectivity index (χ0n) is 13.7. The number of carboxylic acids is 1. The Kier molecular flexibility index (Phi) is 6.45. The Labute approximate surface area is 127 Å². The second-order valence-corrected chi connectivity index (χ2v) is 6.11. The van der Waals surface area contributed by atoms with Crippen molar-refractivity contribution < 1.29 is 14.7 Å². The normalized spacial score (nSPS) is 22.1. The van der Waals surface area contributed by atoms with Crippen molar-refractivity contribution in [2.24, 2.45) is 0 Å². The fourth-order valence-corrected chi connectivity index (χ4v) is 2.79. The molecule has 0 saturated carbocycles. The Balaban J connectivity index is 2.46. The van der Waals surface area contributed by atoms with Crippen molar-refractivity contribution in [2.75, 3.05) is 26.7 Å². The number of nitrogens with zero attached hydrogens (tertiary/aromatic N) is 2. The lowest BCUT2D eigenvalue weighted by atomic mass is 9.93. The van der Waals surface area contributed by atoms with Gasteiger partial charge in [-0.25, -0.2) is 9.59 Å². The number of hydrogen-bond donors (Lipinski definition) is 2. The highest BCUT2D eigenvalue weighted by atomic mass is 16.4. The van der Waals surface area contributed by atoms with Crippen molar-refractivity contribution in [1.82, 2.24) is 15.1 Å². The van der Waals surface area contributed by atoms with Gasteiger partial charge >= 0.3 is 12.0 Å². The molecule has 1 rings (SSSR count). The first kappa shape index (κ1) is 17.8. The summed E-state index contributed by atoms with van der Waals surface area (Å²) in [4.78, 5) is 27.5. The lowest BCUT2D eigenvalue weighted by Gasteiger charge is -2.33. The van der Waals surface area contributed by atoms with Gasteiger partial charge in [0.15, 0.2) is 0 Å². The van der Waals surface area contributed by atoms with Crippen LogP contribution in [0.3, 0.4) is 0 Å². The number of nitrogens with one attached hydrogen (secondary N) is 1. The van der Waals surface area contributed by atoms with Gasteiger partial charge in [-0.1, -0.05) is 6.92 Å². The molecule has 6 heteroatoms. The van der Waals surface area contributed by atoms with Crippen LogP contribution >= 0.6 is 0 Å². The van der Waals surface area contributed by atoms with Crippen molar-refractivity contribution in [2.45, 2.75) is 58.0 Å². The Morgan fingerprint density at radius 3 is 2.62 bits per heavy atom. The average molecular weight is 299 g/mol. The van der Waals surface area contributed by atoms with Crippen molar-refractivity contribution in [3.63, 3.8) is 0 Å². The van der Waals surface area contributed by atoms with E-state index < -0.39 is 11.5 Å². The fraction of sp³-hybridized carbons (Fsp3) is 0.867. The van der Waals surface area contributed by atoms with Crippen LogP contribution in [0, 0.1) is 0 Å². The summed E-state index contributed by atoms with van der Waals surface area (Å²) in [6.45, 7) is 8.10. The summed E-state index contributed by atoms with van der Waals surface area (Å²) in [6.07, 6.45) is 2.61. The number of urea groups is 1. The topological polar surface area (TPSA) is 72.9 Å². The fourth-order valence-electron chi connectivity index (χ4n) is 2.79. The minimum atomic E-state index is -1.02. The molecule has 1 unspecified atom stereocenters. The summed E-state index contributed by atoms with van der Waals surface area (Å²) in [5.74, 6) is -0.891. The predicted molar refractivity (Wildman–Crippen MR) is 82.4 cm³/mol. The molecule has 0 bridgehead atoms. The second kappa shape index (κ2) is 7.64. The first-order valence-corrected chi connectivity index (χ1v) is 7.84. The first-order chi connectivity index (χ1) is 9.85. The number of carbonyl (C=O) groups excluding carboxylic acids is 1. The third kappa shape index (κ3) is 4.09. The van der Waals surface area contributed by atoms with Crippen LogP contribution in [0.15, 0.2) is 0 Å². The van der Waals surface area contributed by atoms with Crippen molar-refractivity contribution in [3.8, 4) is 0 Å². The largest absolute Gasteiger partial charge is 0.479 e. The number of hydrogen-bond acceptors (Lipinski definition) is 3. The van der Waals surface area contributed by atoms with Gasteiger partial charge in [0, 0.05) is 19.1 Å². The highest BCUT2D eigenvalue weighted by molar-refractivity contribution is 5.87. The Hall–Kier alpha value is -1.30. The molecular formula is C15H29N3O3. The van der Waals surface area contributed by atoms with E-state index in [0.29, 0.717) is 32.0 Å². The van der Waals surface area contributed by atoms with E-state index >= 15 is 0 Å². The van der Waals surface area contributed by atoms with Crippen LogP contribution < -0.4 is 5.32 Å². The number of likely N-dealkylation sites (tertiary alicyclic amines) is 1. The summed E-state index contributed by atoms with van der Waals surface area (Å²) in [5.41, 5.74) is -1.02. The second-order valence-electron chi connectivity index (χ2n) is 6.11.